The predicted octanol–water partition coefficient (Wildman–Crippen LogP) is 4.16. The molecule has 0 bridgehead atoms. The number of hydrogen-bond donors (Lipinski definition) is 0. The highest BCUT2D eigenvalue weighted by Crippen LogP contribution is 2.40. The lowest BCUT2D eigenvalue weighted by atomic mass is 10.0. The van der Waals surface area contributed by atoms with Crippen LogP contribution in [0.3, 0.4) is 0 Å². The molecule has 2 aromatic rings. The second-order valence-electron chi connectivity index (χ2n) is 6.90. The van der Waals surface area contributed by atoms with E-state index in [0.717, 1.165) is 29.5 Å². The van der Waals surface area contributed by atoms with Crippen molar-refractivity contribution in [1.29, 1.82) is 0 Å². The van der Waals surface area contributed by atoms with Gasteiger partial charge in [-0.25, -0.2) is 0 Å². The lowest BCUT2D eigenvalue weighted by molar-refractivity contribution is -0.133. The summed E-state index contributed by atoms with van der Waals surface area (Å²) >= 11 is 6.30. The van der Waals surface area contributed by atoms with E-state index < -0.39 is 0 Å². The maximum absolute atomic E-state index is 12.6. The molecule has 1 fully saturated rings. The molecule has 6 heteroatoms. The van der Waals surface area contributed by atoms with Crippen molar-refractivity contribution in [2.45, 2.75) is 19.4 Å². The van der Waals surface area contributed by atoms with E-state index in [4.69, 9.17) is 25.8 Å². The fourth-order valence-corrected chi connectivity index (χ4v) is 3.68. The maximum atomic E-state index is 12.6. The van der Waals surface area contributed by atoms with Crippen LogP contribution >= 0.6 is 11.6 Å². The first-order chi connectivity index (χ1) is 13.1. The minimum Gasteiger partial charge on any atom is -0.495 e. The Hall–Kier alpha value is -2.40. The number of ether oxygens (including phenoxy) is 3. The van der Waals surface area contributed by atoms with Crippen LogP contribution in [0.2, 0.25) is 5.02 Å². The quantitative estimate of drug-likeness (QED) is 0.790. The maximum Gasteiger partial charge on any atom is 0.226 e. The van der Waals surface area contributed by atoms with Crippen LogP contribution in [0, 0.1) is 5.92 Å². The highest BCUT2D eigenvalue weighted by molar-refractivity contribution is 6.32. The minimum absolute atomic E-state index is 0.192. The summed E-state index contributed by atoms with van der Waals surface area (Å²) in [5, 5.41) is 0.547. The normalized spacial score (nSPS) is 16.2. The van der Waals surface area contributed by atoms with Crippen molar-refractivity contribution in [2.24, 2.45) is 5.92 Å². The number of hydrogen-bond acceptors (Lipinski definition) is 4. The second-order valence-corrected chi connectivity index (χ2v) is 7.31. The Bertz CT molecular complexity index is 879. The van der Waals surface area contributed by atoms with Gasteiger partial charge in [-0.1, -0.05) is 17.7 Å². The van der Waals surface area contributed by atoms with Gasteiger partial charge in [-0.15, -0.1) is 0 Å². The van der Waals surface area contributed by atoms with Gasteiger partial charge in [-0.3, -0.25) is 4.79 Å². The van der Waals surface area contributed by atoms with E-state index in [1.165, 1.54) is 0 Å². The Labute approximate surface area is 163 Å². The van der Waals surface area contributed by atoms with Crippen molar-refractivity contribution in [1.82, 2.24) is 4.90 Å². The van der Waals surface area contributed by atoms with E-state index >= 15 is 0 Å². The number of nitrogens with zero attached hydrogens (tertiary/aromatic N) is 1. The van der Waals surface area contributed by atoms with Gasteiger partial charge in [0.05, 0.1) is 25.8 Å². The SMILES string of the molecule is COc1ccc(-c2cc3c(c(OC)c2)OCCN(C(=O)C2CC2)C3)cc1Cl. The van der Waals surface area contributed by atoms with Crippen LogP contribution in [0.15, 0.2) is 30.3 Å². The molecule has 1 saturated carbocycles. The topological polar surface area (TPSA) is 48.0 Å². The zero-order valence-corrected chi connectivity index (χ0v) is 16.2. The van der Waals surface area contributed by atoms with Gasteiger partial charge >= 0.3 is 0 Å². The first kappa shape index (κ1) is 18.0. The third-order valence-corrected chi connectivity index (χ3v) is 5.34. The summed E-state index contributed by atoms with van der Waals surface area (Å²) < 4.78 is 16.7. The molecule has 142 valence electrons. The Kier molecular flexibility index (Phi) is 4.87. The van der Waals surface area contributed by atoms with E-state index in [0.29, 0.717) is 42.0 Å². The summed E-state index contributed by atoms with van der Waals surface area (Å²) in [4.78, 5) is 14.5. The molecule has 1 amide bonds. The second kappa shape index (κ2) is 7.31. The molecule has 5 nitrogen and oxygen atoms in total. The molecule has 1 heterocycles. The van der Waals surface area contributed by atoms with E-state index in [1.54, 1.807) is 14.2 Å². The molecule has 0 aromatic heterocycles. The smallest absolute Gasteiger partial charge is 0.226 e. The van der Waals surface area contributed by atoms with Gasteiger partial charge in [-0.05, 0) is 48.2 Å². The summed E-state index contributed by atoms with van der Waals surface area (Å²) in [5.74, 6) is 2.43. The third-order valence-electron chi connectivity index (χ3n) is 5.04. The highest BCUT2D eigenvalue weighted by atomic mass is 35.5. The largest absolute Gasteiger partial charge is 0.495 e. The number of fused-ring (bicyclic) bond motifs is 1. The molecular formula is C21H22ClNO4. The van der Waals surface area contributed by atoms with E-state index in [2.05, 4.69) is 6.07 Å². The van der Waals surface area contributed by atoms with E-state index in [-0.39, 0.29) is 11.8 Å². The van der Waals surface area contributed by atoms with E-state index in [9.17, 15) is 4.79 Å². The molecule has 1 aliphatic carbocycles. The zero-order chi connectivity index (χ0) is 19.0. The van der Waals surface area contributed by atoms with Gasteiger partial charge < -0.3 is 19.1 Å². The average Bonchev–Trinajstić information content (AvgIpc) is 3.52. The van der Waals surface area contributed by atoms with Crippen molar-refractivity contribution in [3.8, 4) is 28.4 Å². The molecule has 2 aromatic carbocycles. The molecule has 0 unspecified atom stereocenters. The number of carbonyl (C=O) groups excluding carboxylic acids is 1. The summed E-state index contributed by atoms with van der Waals surface area (Å²) in [7, 11) is 3.22. The molecule has 0 saturated heterocycles. The third kappa shape index (κ3) is 3.56. The number of methoxy groups -OCH3 is 2. The average molecular weight is 388 g/mol. The summed E-state index contributed by atoms with van der Waals surface area (Å²) in [6, 6.07) is 9.65. The van der Waals surface area contributed by atoms with Gasteiger partial charge in [0.15, 0.2) is 11.5 Å². The Morgan fingerprint density at radius 3 is 2.56 bits per heavy atom. The number of halogens is 1. The minimum atomic E-state index is 0.192. The Morgan fingerprint density at radius 2 is 1.89 bits per heavy atom. The lowest BCUT2D eigenvalue weighted by Gasteiger charge is -2.20. The molecule has 0 N–H and O–H groups in total. The monoisotopic (exact) mass is 387 g/mol. The number of amides is 1. The molecule has 4 rings (SSSR count). The highest BCUT2D eigenvalue weighted by Gasteiger charge is 2.34. The fourth-order valence-electron chi connectivity index (χ4n) is 3.42. The molecule has 0 atom stereocenters. The fraction of sp³-hybridized carbons (Fsp3) is 0.381. The van der Waals surface area contributed by atoms with Crippen molar-refractivity contribution in [2.75, 3.05) is 27.4 Å². The summed E-state index contributed by atoms with van der Waals surface area (Å²) in [6.45, 7) is 1.59. The number of rotatable bonds is 4. The predicted molar refractivity (Wildman–Crippen MR) is 104 cm³/mol. The molecular weight excluding hydrogens is 366 g/mol. The van der Waals surface area contributed by atoms with Crippen LogP contribution < -0.4 is 14.2 Å². The Balaban J connectivity index is 1.72. The van der Waals surface area contributed by atoms with Crippen LogP contribution in [0.1, 0.15) is 18.4 Å². The zero-order valence-electron chi connectivity index (χ0n) is 15.5. The number of carbonyl (C=O) groups is 1. The molecule has 0 radical (unpaired) electrons. The van der Waals surface area contributed by atoms with E-state index in [1.807, 2.05) is 29.2 Å². The van der Waals surface area contributed by atoms with Gasteiger partial charge in [0.25, 0.3) is 0 Å². The van der Waals surface area contributed by atoms with Crippen LogP contribution in [0.25, 0.3) is 11.1 Å². The first-order valence-electron chi connectivity index (χ1n) is 9.07. The van der Waals surface area contributed by atoms with Crippen LogP contribution in [-0.4, -0.2) is 38.2 Å². The van der Waals surface area contributed by atoms with Crippen molar-refractivity contribution in [3.63, 3.8) is 0 Å². The number of benzene rings is 2. The van der Waals surface area contributed by atoms with Gasteiger partial charge in [0, 0.05) is 18.0 Å². The van der Waals surface area contributed by atoms with Gasteiger partial charge in [0.2, 0.25) is 5.91 Å². The lowest BCUT2D eigenvalue weighted by Crippen LogP contribution is -2.33. The van der Waals surface area contributed by atoms with Crippen molar-refractivity contribution < 1.29 is 19.0 Å². The van der Waals surface area contributed by atoms with Crippen molar-refractivity contribution >= 4 is 17.5 Å². The first-order valence-corrected chi connectivity index (χ1v) is 9.45. The van der Waals surface area contributed by atoms with Crippen LogP contribution in [0.5, 0.6) is 17.2 Å². The summed E-state index contributed by atoms with van der Waals surface area (Å²) in [6.07, 6.45) is 1.99. The van der Waals surface area contributed by atoms with Gasteiger partial charge in [0.1, 0.15) is 12.4 Å². The molecule has 2 aliphatic rings. The molecule has 27 heavy (non-hydrogen) atoms. The Morgan fingerprint density at radius 1 is 1.11 bits per heavy atom. The van der Waals surface area contributed by atoms with Gasteiger partial charge in [-0.2, -0.15) is 0 Å². The van der Waals surface area contributed by atoms with Crippen LogP contribution in [0.4, 0.5) is 0 Å². The molecule has 0 spiro atoms. The van der Waals surface area contributed by atoms with Crippen LogP contribution in [-0.2, 0) is 11.3 Å². The van der Waals surface area contributed by atoms with Crippen molar-refractivity contribution in [3.05, 3.63) is 40.9 Å². The summed E-state index contributed by atoms with van der Waals surface area (Å²) in [5.41, 5.74) is 2.86. The molecule has 1 aliphatic heterocycles. The standard InChI is InChI=1S/C21H22ClNO4/c1-25-18-6-5-14(10-17(18)22)15-9-16-12-23(21(24)13-3-4-13)7-8-27-20(16)19(11-15)26-2/h5-6,9-11,13H,3-4,7-8,12H2,1-2H3.